The zero-order valence-electron chi connectivity index (χ0n) is 33.4. The molecule has 0 spiro atoms. The predicted molar refractivity (Wildman–Crippen MR) is 215 cm³/mol. The lowest BCUT2D eigenvalue weighted by Gasteiger charge is -2.38. The SMILES string of the molecule is C=C(C)CCCC(CCCOC)c1ccc(C2CCC(C3CCC(c4ccc(CCCCC)c(F)c4)CC3)CC2)c(F)c1.C=C(C=O)CO.C=O.CO. The van der Waals surface area contributed by atoms with Crippen LogP contribution in [0.5, 0.6) is 0 Å². The van der Waals surface area contributed by atoms with Crippen LogP contribution in [0.15, 0.2) is 60.7 Å². The van der Waals surface area contributed by atoms with Gasteiger partial charge in [0.15, 0.2) is 0 Å². The molecule has 0 radical (unpaired) electrons. The van der Waals surface area contributed by atoms with Gasteiger partial charge in [0.05, 0.1) is 6.61 Å². The summed E-state index contributed by atoms with van der Waals surface area (Å²) >= 11 is 0. The number of allylic oxidation sites excluding steroid dienone is 1. The third-order valence-corrected chi connectivity index (χ3v) is 11.2. The Kier molecular flexibility index (Phi) is 25.8. The lowest BCUT2D eigenvalue weighted by Crippen LogP contribution is -2.25. The molecule has 0 bridgehead atoms. The molecule has 4 rings (SSSR count). The van der Waals surface area contributed by atoms with E-state index in [0.29, 0.717) is 24.0 Å². The Bertz CT molecular complexity index is 1310. The van der Waals surface area contributed by atoms with E-state index in [1.54, 1.807) is 7.11 Å². The Balaban J connectivity index is 0.00000126. The van der Waals surface area contributed by atoms with Crippen molar-refractivity contribution < 1.29 is 33.3 Å². The van der Waals surface area contributed by atoms with Crippen molar-refractivity contribution >= 4 is 13.1 Å². The lowest BCUT2D eigenvalue weighted by atomic mass is 9.67. The normalized spacial score (nSPS) is 19.9. The molecular weight excluding hydrogens is 670 g/mol. The number of unbranched alkanes of at least 4 members (excludes halogenated alkanes) is 2. The molecular formula is C46H70F2O5. The maximum absolute atomic E-state index is 15.6. The van der Waals surface area contributed by atoms with Gasteiger partial charge in [-0.2, -0.15) is 0 Å². The molecule has 1 atom stereocenters. The first-order valence-electron chi connectivity index (χ1n) is 19.9. The van der Waals surface area contributed by atoms with Crippen molar-refractivity contribution in [3.8, 4) is 0 Å². The highest BCUT2D eigenvalue weighted by Crippen LogP contribution is 2.46. The number of aliphatic hydroxyl groups excluding tert-OH is 2. The zero-order valence-corrected chi connectivity index (χ0v) is 33.4. The Hall–Kier alpha value is -3.00. The molecule has 53 heavy (non-hydrogen) atoms. The van der Waals surface area contributed by atoms with Crippen LogP contribution in [0, 0.1) is 23.5 Å². The predicted octanol–water partition coefficient (Wildman–Crippen LogP) is 11.4. The lowest BCUT2D eigenvalue weighted by molar-refractivity contribution is -0.105. The van der Waals surface area contributed by atoms with Gasteiger partial charge < -0.3 is 19.7 Å². The van der Waals surface area contributed by atoms with Crippen molar-refractivity contribution in [2.75, 3.05) is 27.4 Å². The minimum atomic E-state index is -0.233. The summed E-state index contributed by atoms with van der Waals surface area (Å²) in [5.74, 6) is 2.75. The minimum absolute atomic E-state index is 0.00120. The number of aliphatic hydroxyl groups is 2. The van der Waals surface area contributed by atoms with Crippen molar-refractivity contribution in [2.24, 2.45) is 11.8 Å². The number of ether oxygens (including phenoxy) is 1. The van der Waals surface area contributed by atoms with E-state index in [4.69, 9.17) is 19.7 Å². The van der Waals surface area contributed by atoms with Gasteiger partial charge in [0.1, 0.15) is 24.7 Å². The third-order valence-electron chi connectivity index (χ3n) is 11.2. The second-order valence-corrected chi connectivity index (χ2v) is 14.9. The Labute approximate surface area is 320 Å². The largest absolute Gasteiger partial charge is 0.400 e. The molecule has 2 aromatic rings. The highest BCUT2D eigenvalue weighted by Gasteiger charge is 2.32. The molecule has 0 aliphatic heterocycles. The van der Waals surface area contributed by atoms with Crippen LogP contribution in [-0.2, 0) is 20.7 Å². The Morgan fingerprint density at radius 1 is 0.849 bits per heavy atom. The van der Waals surface area contributed by atoms with Crippen molar-refractivity contribution in [3.05, 3.63) is 94.6 Å². The summed E-state index contributed by atoms with van der Waals surface area (Å²) in [7, 11) is 2.75. The van der Waals surface area contributed by atoms with Crippen LogP contribution in [0.3, 0.4) is 0 Å². The van der Waals surface area contributed by atoms with Gasteiger partial charge >= 0.3 is 0 Å². The summed E-state index contributed by atoms with van der Waals surface area (Å²) in [6.07, 6.45) is 19.5. The van der Waals surface area contributed by atoms with Crippen molar-refractivity contribution in [1.29, 1.82) is 0 Å². The smallest absolute Gasteiger partial charge is 0.147 e. The van der Waals surface area contributed by atoms with Gasteiger partial charge in [0.2, 0.25) is 0 Å². The van der Waals surface area contributed by atoms with Crippen LogP contribution in [0.4, 0.5) is 8.78 Å². The second kappa shape index (κ2) is 28.4. The molecule has 2 aromatic carbocycles. The molecule has 0 heterocycles. The van der Waals surface area contributed by atoms with Crippen LogP contribution in [-0.4, -0.2) is 50.7 Å². The molecule has 2 fully saturated rings. The van der Waals surface area contributed by atoms with E-state index in [1.807, 2.05) is 25.0 Å². The van der Waals surface area contributed by atoms with E-state index < -0.39 is 0 Å². The number of hydrogen-bond acceptors (Lipinski definition) is 5. The summed E-state index contributed by atoms with van der Waals surface area (Å²) in [5.41, 5.74) is 5.61. The standard InChI is InChI=1S/C40H58F2O.C4H6O2.CH4O.CH2O/c1-5-6-7-11-35-22-23-36(27-39(35)41)33-16-14-31(15-17-33)32-18-20-34(21-19-32)38-25-24-37(28-40(38)42)30(13-9-26-43-4)12-8-10-29(2)3;1-4(2-5)3-6;2*1-2/h22-25,27-28,30-34H,2,5-21,26H2,1,3-4H3;2,6H,1,3H2;2H,1H3;1H2. The molecule has 2 N–H and O–H groups in total. The highest BCUT2D eigenvalue weighted by atomic mass is 19.1. The average Bonchev–Trinajstić information content (AvgIpc) is 3.19. The number of rotatable bonds is 18. The maximum Gasteiger partial charge on any atom is 0.147 e. The molecule has 0 aromatic heterocycles. The number of carbonyl (C=O) groups is 2. The van der Waals surface area contributed by atoms with Gasteiger partial charge in [-0.1, -0.05) is 56.2 Å². The molecule has 2 aliphatic rings. The summed E-state index contributed by atoms with van der Waals surface area (Å²) in [6.45, 7) is 14.0. The van der Waals surface area contributed by atoms with Crippen LogP contribution >= 0.6 is 0 Å². The van der Waals surface area contributed by atoms with Gasteiger partial charge in [0.25, 0.3) is 0 Å². The molecule has 2 aliphatic carbocycles. The fourth-order valence-electron chi connectivity index (χ4n) is 8.18. The first-order valence-corrected chi connectivity index (χ1v) is 19.9. The molecule has 2 saturated carbocycles. The maximum atomic E-state index is 15.6. The van der Waals surface area contributed by atoms with Crippen LogP contribution < -0.4 is 0 Å². The van der Waals surface area contributed by atoms with Gasteiger partial charge in [-0.25, -0.2) is 8.78 Å². The number of aryl methyl sites for hydroxylation is 1. The van der Waals surface area contributed by atoms with E-state index in [1.165, 1.54) is 62.5 Å². The van der Waals surface area contributed by atoms with Crippen LogP contribution in [0.2, 0.25) is 0 Å². The number of hydrogen-bond donors (Lipinski definition) is 2. The molecule has 5 nitrogen and oxygen atoms in total. The van der Waals surface area contributed by atoms with Crippen molar-refractivity contribution in [2.45, 2.75) is 141 Å². The zero-order chi connectivity index (χ0) is 39.6. The first-order chi connectivity index (χ1) is 25.7. The number of aldehydes is 1. The average molecular weight is 741 g/mol. The summed E-state index contributed by atoms with van der Waals surface area (Å²) in [5, 5.41) is 15.0. The van der Waals surface area contributed by atoms with Gasteiger partial charge in [-0.05, 0) is 167 Å². The van der Waals surface area contributed by atoms with Gasteiger partial charge in [-0.3, -0.25) is 4.79 Å². The summed E-state index contributed by atoms with van der Waals surface area (Å²) in [6, 6.07) is 12.2. The van der Waals surface area contributed by atoms with E-state index in [9.17, 15) is 9.18 Å². The van der Waals surface area contributed by atoms with E-state index >= 15 is 4.39 Å². The fraction of sp³-hybridized carbons (Fsp3) is 0.609. The topological polar surface area (TPSA) is 83.8 Å². The molecule has 0 amide bonds. The molecule has 0 saturated heterocycles. The first kappa shape index (κ1) is 48.0. The molecule has 7 heteroatoms. The van der Waals surface area contributed by atoms with Gasteiger partial charge in [-0.15, -0.1) is 6.58 Å². The van der Waals surface area contributed by atoms with E-state index in [-0.39, 0.29) is 23.8 Å². The number of methoxy groups -OCH3 is 1. The Morgan fingerprint density at radius 2 is 1.45 bits per heavy atom. The van der Waals surface area contributed by atoms with Crippen LogP contribution in [0.1, 0.15) is 157 Å². The second-order valence-electron chi connectivity index (χ2n) is 14.9. The summed E-state index contributed by atoms with van der Waals surface area (Å²) in [4.78, 5) is 17.5. The monoisotopic (exact) mass is 741 g/mol. The van der Waals surface area contributed by atoms with Crippen molar-refractivity contribution in [1.82, 2.24) is 0 Å². The number of benzene rings is 2. The third kappa shape index (κ3) is 17.3. The molecule has 298 valence electrons. The van der Waals surface area contributed by atoms with Crippen molar-refractivity contribution in [3.63, 3.8) is 0 Å². The quantitative estimate of drug-likeness (QED) is 0.0688. The highest BCUT2D eigenvalue weighted by molar-refractivity contribution is 5.72. The minimum Gasteiger partial charge on any atom is -0.400 e. The summed E-state index contributed by atoms with van der Waals surface area (Å²) < 4.78 is 35.6. The van der Waals surface area contributed by atoms with Crippen LogP contribution in [0.25, 0.3) is 0 Å². The van der Waals surface area contributed by atoms with Gasteiger partial charge in [0, 0.05) is 26.4 Å². The number of halogens is 2. The van der Waals surface area contributed by atoms with E-state index in [2.05, 4.69) is 45.2 Å². The van der Waals surface area contributed by atoms with E-state index in [0.717, 1.165) is 100 Å². The fourth-order valence-corrected chi connectivity index (χ4v) is 8.18. The molecule has 1 unspecified atom stereocenters. The Morgan fingerprint density at radius 3 is 1.94 bits per heavy atom. The number of carbonyl (C=O) groups excluding carboxylic acids is 2.